The fourth-order valence-corrected chi connectivity index (χ4v) is 7.96. The zero-order valence-corrected chi connectivity index (χ0v) is 41.5. The number of imidazole rings is 1. The molecule has 1 aliphatic heterocycles. The second kappa shape index (κ2) is 29.1. The van der Waals surface area contributed by atoms with E-state index in [1.54, 1.807) is 13.8 Å². The Kier molecular flexibility index (Phi) is 23.9. The van der Waals surface area contributed by atoms with Gasteiger partial charge in [-0.25, -0.2) is 9.78 Å². The van der Waals surface area contributed by atoms with Gasteiger partial charge in [-0.05, 0) is 68.1 Å². The lowest BCUT2D eigenvalue weighted by molar-refractivity contribution is -0.145. The van der Waals surface area contributed by atoms with Gasteiger partial charge in [0.25, 0.3) is 0 Å². The number of amides is 7. The molecule has 0 unspecified atom stereocenters. The van der Waals surface area contributed by atoms with Crippen molar-refractivity contribution in [1.82, 2.24) is 46.8 Å². The van der Waals surface area contributed by atoms with Gasteiger partial charge in [-0.1, -0.05) is 59.6 Å². The van der Waals surface area contributed by atoms with Crippen molar-refractivity contribution in [2.24, 2.45) is 34.0 Å². The minimum absolute atomic E-state index is 0.0486. The van der Waals surface area contributed by atoms with E-state index < -0.39 is 114 Å². The molecule has 1 aromatic carbocycles. The van der Waals surface area contributed by atoms with Crippen LogP contribution in [0.3, 0.4) is 0 Å². The predicted octanol–water partition coefficient (Wildman–Crippen LogP) is -1.37. The van der Waals surface area contributed by atoms with E-state index >= 15 is 0 Å². The molecule has 1 aromatic heterocycles. The topological polar surface area (TPSA) is 409 Å². The summed E-state index contributed by atoms with van der Waals surface area (Å²) in [5.74, 6) is -8.94. The second-order valence-electron chi connectivity index (χ2n) is 18.6. The van der Waals surface area contributed by atoms with E-state index in [0.29, 0.717) is 30.5 Å². The Bertz CT molecular complexity index is 2180. The summed E-state index contributed by atoms with van der Waals surface area (Å²) in [7, 11) is 0. The van der Waals surface area contributed by atoms with E-state index in [4.69, 9.17) is 22.3 Å². The summed E-state index contributed by atoms with van der Waals surface area (Å²) in [6, 6.07) is -4.50. The third-order valence-electron chi connectivity index (χ3n) is 11.8. The molecule has 1 aliphatic rings. The van der Waals surface area contributed by atoms with Gasteiger partial charge in [-0.15, -0.1) is 0 Å². The van der Waals surface area contributed by atoms with Crippen LogP contribution < -0.4 is 49.1 Å². The van der Waals surface area contributed by atoms with Crippen LogP contribution in [0.5, 0.6) is 5.75 Å². The number of likely N-dealkylation sites (tertiary alicyclic amines) is 1. The Morgan fingerprint density at radius 2 is 1.38 bits per heavy atom. The number of rotatable bonds is 30. The Morgan fingerprint density at radius 1 is 0.778 bits per heavy atom. The third-order valence-corrected chi connectivity index (χ3v) is 11.8. The van der Waals surface area contributed by atoms with Crippen LogP contribution in [-0.2, 0) is 56.0 Å². The van der Waals surface area contributed by atoms with Gasteiger partial charge in [0.2, 0.25) is 41.4 Å². The molecular formula is C47H73N13O12. The summed E-state index contributed by atoms with van der Waals surface area (Å²) in [4.78, 5) is 133. The molecule has 2 heterocycles. The number of carboxylic acids is 2. The number of guanidine groups is 1. The highest BCUT2D eigenvalue weighted by atomic mass is 16.4. The molecule has 0 aliphatic carbocycles. The van der Waals surface area contributed by atoms with Crippen molar-refractivity contribution in [2.45, 2.75) is 154 Å². The van der Waals surface area contributed by atoms with Gasteiger partial charge in [0.05, 0.1) is 18.8 Å². The van der Waals surface area contributed by atoms with E-state index in [9.17, 15) is 53.4 Å². The highest BCUT2D eigenvalue weighted by Crippen LogP contribution is 2.21. The fourth-order valence-electron chi connectivity index (χ4n) is 7.96. The highest BCUT2D eigenvalue weighted by molar-refractivity contribution is 5.98. The van der Waals surface area contributed by atoms with Crippen LogP contribution in [0.4, 0.5) is 0 Å². The number of nitrogens with zero attached hydrogens (tertiary/aromatic N) is 3. The van der Waals surface area contributed by atoms with Gasteiger partial charge in [0, 0.05) is 37.8 Å². The van der Waals surface area contributed by atoms with Gasteiger partial charge in [-0.2, -0.15) is 0 Å². The van der Waals surface area contributed by atoms with Crippen molar-refractivity contribution in [3.8, 4) is 5.75 Å². The quantitative estimate of drug-likeness (QED) is 0.0244. The van der Waals surface area contributed by atoms with Gasteiger partial charge in [0.1, 0.15) is 48.0 Å². The van der Waals surface area contributed by atoms with Crippen LogP contribution >= 0.6 is 0 Å². The molecule has 0 saturated carbocycles. The van der Waals surface area contributed by atoms with Crippen LogP contribution in [0.25, 0.3) is 0 Å². The average Bonchev–Trinajstić information content (AvgIpc) is 4.03. The number of aliphatic carboxylic acids is 2. The van der Waals surface area contributed by atoms with Gasteiger partial charge >= 0.3 is 11.9 Å². The van der Waals surface area contributed by atoms with Crippen molar-refractivity contribution in [3.05, 3.63) is 48.0 Å². The largest absolute Gasteiger partial charge is 0.508 e. The lowest BCUT2D eigenvalue weighted by atomic mass is 9.99. The van der Waals surface area contributed by atoms with Gasteiger partial charge in [0.15, 0.2) is 5.96 Å². The first kappa shape index (κ1) is 59.0. The summed E-state index contributed by atoms with van der Waals surface area (Å²) in [6.45, 7) is 8.97. The molecular weight excluding hydrogens is 939 g/mol. The van der Waals surface area contributed by atoms with Crippen LogP contribution in [0.1, 0.15) is 104 Å². The summed E-state index contributed by atoms with van der Waals surface area (Å²) in [5, 5.41) is 44.8. The first-order valence-corrected chi connectivity index (χ1v) is 24.1. The maximum absolute atomic E-state index is 14.5. The molecule has 0 radical (unpaired) electrons. The van der Waals surface area contributed by atoms with Crippen molar-refractivity contribution in [2.75, 3.05) is 13.1 Å². The third kappa shape index (κ3) is 19.5. The maximum Gasteiger partial charge on any atom is 0.326 e. The number of H-pyrrole nitrogens is 1. The Morgan fingerprint density at radius 3 is 1.94 bits per heavy atom. The van der Waals surface area contributed by atoms with Gasteiger partial charge < -0.3 is 74.3 Å². The standard InChI is InChI=1S/C47H73N13O12/c1-6-7-10-31(40(65)57-34(21-28-23-51-24-53-28)45(70)60-18-9-12-36(60)43(68)58-35(46(71)72)19-25(2)3)55-42(67)33(20-27-13-15-29(61)16-14-27)56-44(69)38(26(4)5)59-41(66)32(11-8-17-52-47(49)50)54-39(64)30(48)22-37(62)63/h13-16,23-26,30-36,38,61H,6-12,17-22,48H2,1-5H3,(H,51,53)(H,54,64)(H,55,67)(H,56,69)(H,57,65)(H,58,68)(H,59,66)(H,62,63)(H,71,72)(H4,49,50,52)/t30-,31-,32-,33-,34-,35-,36-,38-/m0/s1. The van der Waals surface area contributed by atoms with E-state index in [-0.39, 0.29) is 75.7 Å². The minimum atomic E-state index is -1.50. The molecule has 2 aromatic rings. The number of nitrogens with one attached hydrogen (secondary N) is 7. The normalized spacial score (nSPS) is 16.2. The average molecular weight is 1010 g/mol. The van der Waals surface area contributed by atoms with Crippen LogP contribution in [0.2, 0.25) is 0 Å². The molecule has 8 atom stereocenters. The molecule has 1 saturated heterocycles. The summed E-state index contributed by atoms with van der Waals surface area (Å²) in [6.07, 6.45) is 3.98. The number of carbonyl (C=O) groups is 9. The Hall–Kier alpha value is -7.31. The van der Waals surface area contributed by atoms with E-state index in [2.05, 4.69) is 46.9 Å². The van der Waals surface area contributed by atoms with Crippen LogP contribution in [0.15, 0.2) is 41.8 Å². The number of aromatic nitrogens is 2. The number of carboxylic acid groups (broad SMARTS) is 2. The number of hydrogen-bond donors (Lipinski definition) is 13. The lowest BCUT2D eigenvalue weighted by Crippen LogP contribution is -2.61. The Balaban J connectivity index is 1.92. The Labute approximate surface area is 418 Å². The molecule has 7 amide bonds. The molecule has 398 valence electrons. The number of phenols is 1. The number of aliphatic imine (C=N–C) groups is 1. The zero-order valence-electron chi connectivity index (χ0n) is 41.5. The van der Waals surface area contributed by atoms with E-state index in [1.807, 2.05) is 20.8 Å². The van der Waals surface area contributed by atoms with E-state index in [0.717, 1.165) is 0 Å². The number of aromatic amines is 1. The summed E-state index contributed by atoms with van der Waals surface area (Å²) in [5.41, 5.74) is 17.6. The molecule has 25 heteroatoms. The second-order valence-corrected chi connectivity index (χ2v) is 18.6. The smallest absolute Gasteiger partial charge is 0.326 e. The van der Waals surface area contributed by atoms with Crippen LogP contribution in [0, 0.1) is 11.8 Å². The SMILES string of the molecule is CCCC[C@H](NC(=O)[C@H](Cc1ccc(O)cc1)NC(=O)[C@@H](NC(=O)[C@H](CCCN=C(N)N)NC(=O)[C@@H](N)CC(=O)O)C(C)C)C(=O)N[C@@H](Cc1cnc[nH]1)C(=O)N1CCC[C@H]1C(=O)N[C@@H](CC(C)C)C(=O)O. The maximum atomic E-state index is 14.5. The number of carbonyl (C=O) groups excluding carboxylic acids is 7. The van der Waals surface area contributed by atoms with Crippen molar-refractivity contribution >= 4 is 59.2 Å². The van der Waals surface area contributed by atoms with Gasteiger partial charge in [-0.3, -0.25) is 43.3 Å². The number of hydrogen-bond acceptors (Lipinski definition) is 13. The first-order valence-electron chi connectivity index (χ1n) is 24.1. The molecule has 3 rings (SSSR count). The number of benzene rings is 1. The predicted molar refractivity (Wildman–Crippen MR) is 262 cm³/mol. The van der Waals surface area contributed by atoms with Crippen molar-refractivity contribution < 1.29 is 58.5 Å². The summed E-state index contributed by atoms with van der Waals surface area (Å²) >= 11 is 0. The lowest BCUT2D eigenvalue weighted by Gasteiger charge is -2.31. The molecule has 0 spiro atoms. The van der Waals surface area contributed by atoms with E-state index in [1.165, 1.54) is 41.7 Å². The van der Waals surface area contributed by atoms with Crippen molar-refractivity contribution in [3.63, 3.8) is 0 Å². The molecule has 25 nitrogen and oxygen atoms in total. The summed E-state index contributed by atoms with van der Waals surface area (Å²) < 4.78 is 0. The minimum Gasteiger partial charge on any atom is -0.508 e. The fraction of sp³-hybridized carbons (Fsp3) is 0.596. The highest BCUT2D eigenvalue weighted by Gasteiger charge is 2.40. The molecule has 1 fully saturated rings. The van der Waals surface area contributed by atoms with Crippen LogP contribution in [-0.4, -0.2) is 151 Å². The monoisotopic (exact) mass is 1010 g/mol. The first-order chi connectivity index (χ1) is 34.0. The van der Waals surface area contributed by atoms with Crippen molar-refractivity contribution in [1.29, 1.82) is 0 Å². The number of nitrogens with two attached hydrogens (primary N) is 3. The molecule has 72 heavy (non-hydrogen) atoms. The zero-order chi connectivity index (χ0) is 53.7. The number of phenolic OH excluding ortho intramolecular Hbond substituents is 1. The number of unbranched alkanes of at least 4 members (excludes halogenated alkanes) is 1. The molecule has 16 N–H and O–H groups in total. The number of aromatic hydroxyl groups is 1. The molecule has 0 bridgehead atoms.